The lowest BCUT2D eigenvalue weighted by Gasteiger charge is -2.08. The summed E-state index contributed by atoms with van der Waals surface area (Å²) in [6.45, 7) is 5.40. The van der Waals surface area contributed by atoms with Crippen LogP contribution in [0, 0.1) is 0 Å². The van der Waals surface area contributed by atoms with E-state index in [1.807, 2.05) is 13.8 Å². The minimum Gasteiger partial charge on any atom is -0.377 e. The smallest absolute Gasteiger partial charge is 0.0592 e. The Morgan fingerprint density at radius 2 is 1.82 bits per heavy atom. The zero-order chi connectivity index (χ0) is 8.53. The minimum absolute atomic E-state index is 0.536. The molecule has 0 aromatic carbocycles. The van der Waals surface area contributed by atoms with Crippen LogP contribution in [0.4, 0.5) is 0 Å². The normalized spacial score (nSPS) is 17.7. The molecule has 0 aliphatic heterocycles. The van der Waals surface area contributed by atoms with Crippen LogP contribution in [0.1, 0.15) is 39.5 Å². The topological polar surface area (TPSA) is 35.2 Å². The summed E-state index contributed by atoms with van der Waals surface area (Å²) in [7, 11) is 0. The van der Waals surface area contributed by atoms with Crippen molar-refractivity contribution in [3.63, 3.8) is 0 Å². The van der Waals surface area contributed by atoms with E-state index in [1.54, 1.807) is 0 Å². The van der Waals surface area contributed by atoms with Crippen molar-refractivity contribution >= 4 is 0 Å². The summed E-state index contributed by atoms with van der Waals surface area (Å²) in [5, 5.41) is 0. The third-order valence-corrected chi connectivity index (χ3v) is 1.77. The number of nitrogens with two attached hydrogens (primary N) is 1. The average molecular weight is 159 g/mol. The van der Waals surface area contributed by atoms with E-state index in [0.717, 1.165) is 6.61 Å². The highest BCUT2D eigenvalue weighted by molar-refractivity contribution is 4.66. The van der Waals surface area contributed by atoms with E-state index in [4.69, 9.17) is 10.5 Å². The fraction of sp³-hybridized carbons (Fsp3) is 1.00. The summed E-state index contributed by atoms with van der Waals surface area (Å²) < 4.78 is 5.43. The monoisotopic (exact) mass is 159 g/mol. The number of ether oxygens (including phenoxy) is 1. The van der Waals surface area contributed by atoms with Crippen molar-refractivity contribution in [3.05, 3.63) is 0 Å². The third kappa shape index (κ3) is 5.22. The summed E-state index contributed by atoms with van der Waals surface area (Å²) >= 11 is 0. The molecule has 1 aliphatic carbocycles. The number of hydrogen-bond acceptors (Lipinski definition) is 2. The molecule has 1 aliphatic rings. The summed E-state index contributed by atoms with van der Waals surface area (Å²) in [5.41, 5.74) is 5.28. The quantitative estimate of drug-likeness (QED) is 0.683. The second kappa shape index (κ2) is 8.02. The van der Waals surface area contributed by atoms with Crippen molar-refractivity contribution in [1.29, 1.82) is 0 Å². The highest BCUT2D eigenvalue weighted by Gasteiger charge is 2.13. The molecule has 0 atom stereocenters. The van der Waals surface area contributed by atoms with Gasteiger partial charge in [-0.05, 0) is 12.8 Å². The van der Waals surface area contributed by atoms with Crippen molar-refractivity contribution in [1.82, 2.24) is 0 Å². The molecule has 0 saturated heterocycles. The molecule has 2 nitrogen and oxygen atoms in total. The van der Waals surface area contributed by atoms with Gasteiger partial charge in [0.05, 0.1) is 12.7 Å². The van der Waals surface area contributed by atoms with Crippen LogP contribution in [-0.4, -0.2) is 19.3 Å². The van der Waals surface area contributed by atoms with Gasteiger partial charge in [-0.1, -0.05) is 26.7 Å². The molecule has 0 spiro atoms. The second-order valence-electron chi connectivity index (χ2n) is 2.57. The van der Waals surface area contributed by atoms with Crippen molar-refractivity contribution in [2.24, 2.45) is 5.73 Å². The molecule has 0 bridgehead atoms. The van der Waals surface area contributed by atoms with Gasteiger partial charge in [-0.25, -0.2) is 0 Å². The molecule has 1 rings (SSSR count). The number of hydrogen-bond donors (Lipinski definition) is 1. The largest absolute Gasteiger partial charge is 0.377 e. The fourth-order valence-corrected chi connectivity index (χ4v) is 1.29. The van der Waals surface area contributed by atoms with Gasteiger partial charge in [0, 0.05) is 6.54 Å². The molecule has 0 heterocycles. The van der Waals surface area contributed by atoms with Crippen molar-refractivity contribution in [2.45, 2.75) is 45.6 Å². The Bertz CT molecular complexity index is 70.0. The molecule has 1 fully saturated rings. The maximum Gasteiger partial charge on any atom is 0.0592 e. The predicted octanol–water partition coefficient (Wildman–Crippen LogP) is 1.93. The van der Waals surface area contributed by atoms with Crippen LogP contribution >= 0.6 is 0 Å². The third-order valence-electron chi connectivity index (χ3n) is 1.77. The lowest BCUT2D eigenvalue weighted by atomic mass is 10.3. The first-order valence-corrected chi connectivity index (χ1v) is 4.75. The standard InChI is InChI=1S/C7H15NO.C2H6/c8-5-6-9-7-3-1-2-4-7;1-2/h7H,1-6,8H2;1-2H3. The van der Waals surface area contributed by atoms with Crippen LogP contribution in [0.2, 0.25) is 0 Å². The summed E-state index contributed by atoms with van der Waals surface area (Å²) in [4.78, 5) is 0. The summed E-state index contributed by atoms with van der Waals surface area (Å²) in [6.07, 6.45) is 5.72. The van der Waals surface area contributed by atoms with E-state index < -0.39 is 0 Å². The first-order valence-electron chi connectivity index (χ1n) is 4.75. The molecule has 0 aromatic heterocycles. The van der Waals surface area contributed by atoms with Crippen LogP contribution in [0.25, 0.3) is 0 Å². The Morgan fingerprint density at radius 3 is 2.27 bits per heavy atom. The molecular formula is C9H21NO. The molecule has 0 amide bonds. The highest BCUT2D eigenvalue weighted by atomic mass is 16.5. The molecule has 0 unspecified atom stereocenters. The van der Waals surface area contributed by atoms with E-state index >= 15 is 0 Å². The van der Waals surface area contributed by atoms with Crippen molar-refractivity contribution in [3.8, 4) is 0 Å². The predicted molar refractivity (Wildman–Crippen MR) is 48.6 cm³/mol. The van der Waals surface area contributed by atoms with Gasteiger partial charge >= 0.3 is 0 Å². The molecular weight excluding hydrogens is 138 g/mol. The Kier molecular flexibility index (Phi) is 7.96. The van der Waals surface area contributed by atoms with Crippen LogP contribution in [0.3, 0.4) is 0 Å². The maximum atomic E-state index is 5.43. The molecule has 2 N–H and O–H groups in total. The van der Waals surface area contributed by atoms with Gasteiger partial charge in [0.15, 0.2) is 0 Å². The number of rotatable bonds is 3. The molecule has 0 aromatic rings. The van der Waals surface area contributed by atoms with Crippen molar-refractivity contribution in [2.75, 3.05) is 13.2 Å². The summed E-state index contributed by atoms with van der Waals surface area (Å²) in [6, 6.07) is 0. The molecule has 68 valence electrons. The first-order chi connectivity index (χ1) is 5.43. The van der Waals surface area contributed by atoms with Crippen LogP contribution < -0.4 is 5.73 Å². The minimum atomic E-state index is 0.536. The van der Waals surface area contributed by atoms with Crippen LogP contribution in [0.15, 0.2) is 0 Å². The van der Waals surface area contributed by atoms with Gasteiger partial charge in [0.25, 0.3) is 0 Å². The zero-order valence-corrected chi connectivity index (χ0v) is 7.81. The Hall–Kier alpha value is -0.0800. The van der Waals surface area contributed by atoms with E-state index in [-0.39, 0.29) is 0 Å². The highest BCUT2D eigenvalue weighted by Crippen LogP contribution is 2.20. The lowest BCUT2D eigenvalue weighted by molar-refractivity contribution is 0.0641. The van der Waals surface area contributed by atoms with Gasteiger partial charge in [0.1, 0.15) is 0 Å². The average Bonchev–Trinajstić information content (AvgIpc) is 2.57. The Balaban J connectivity index is 0.000000461. The van der Waals surface area contributed by atoms with Gasteiger partial charge in [-0.3, -0.25) is 0 Å². The molecule has 2 heteroatoms. The second-order valence-corrected chi connectivity index (χ2v) is 2.57. The molecule has 0 radical (unpaired) electrons. The van der Waals surface area contributed by atoms with Gasteiger partial charge in [0.2, 0.25) is 0 Å². The van der Waals surface area contributed by atoms with Crippen molar-refractivity contribution < 1.29 is 4.74 Å². The SMILES string of the molecule is CC.NCCOC1CCCC1. The van der Waals surface area contributed by atoms with Gasteiger partial charge in [-0.2, -0.15) is 0 Å². The first kappa shape index (κ1) is 10.9. The zero-order valence-electron chi connectivity index (χ0n) is 7.81. The van der Waals surface area contributed by atoms with E-state index in [1.165, 1.54) is 25.7 Å². The van der Waals surface area contributed by atoms with E-state index in [0.29, 0.717) is 12.6 Å². The van der Waals surface area contributed by atoms with E-state index in [9.17, 15) is 0 Å². The van der Waals surface area contributed by atoms with E-state index in [2.05, 4.69) is 0 Å². The Morgan fingerprint density at radius 1 is 1.27 bits per heavy atom. The van der Waals surface area contributed by atoms with Gasteiger partial charge < -0.3 is 10.5 Å². The van der Waals surface area contributed by atoms with Crippen LogP contribution in [0.5, 0.6) is 0 Å². The lowest BCUT2D eigenvalue weighted by Crippen LogP contribution is -2.14. The van der Waals surface area contributed by atoms with Crippen LogP contribution in [-0.2, 0) is 4.74 Å². The fourth-order valence-electron chi connectivity index (χ4n) is 1.29. The maximum absolute atomic E-state index is 5.43. The summed E-state index contributed by atoms with van der Waals surface area (Å²) in [5.74, 6) is 0. The Labute approximate surface area is 70.1 Å². The van der Waals surface area contributed by atoms with Gasteiger partial charge in [-0.15, -0.1) is 0 Å². The molecule has 1 saturated carbocycles. The molecule has 11 heavy (non-hydrogen) atoms.